The van der Waals surface area contributed by atoms with Gasteiger partial charge in [-0.15, -0.1) is 0 Å². The maximum Gasteiger partial charge on any atom is 0.309 e. The van der Waals surface area contributed by atoms with Gasteiger partial charge in [-0.1, -0.05) is 19.1 Å². The molecule has 0 saturated heterocycles. The quantitative estimate of drug-likeness (QED) is 0.384. The van der Waals surface area contributed by atoms with Gasteiger partial charge in [0.25, 0.3) is 0 Å². The first-order valence-corrected chi connectivity index (χ1v) is 9.66. The Hall–Kier alpha value is -2.16. The fourth-order valence-electron chi connectivity index (χ4n) is 3.12. The molecule has 0 bridgehead atoms. The van der Waals surface area contributed by atoms with Crippen LogP contribution in [-0.2, 0) is 19.1 Å². The normalized spacial score (nSPS) is 17.6. The summed E-state index contributed by atoms with van der Waals surface area (Å²) in [6, 6.07) is 6.70. The third kappa shape index (κ3) is 8.00. The topological polar surface area (TPSA) is 134 Å². The Morgan fingerprint density at radius 3 is 2.28 bits per heavy atom. The summed E-state index contributed by atoms with van der Waals surface area (Å²) in [5, 5.41) is 38.0. The number of phenols is 1. The van der Waals surface area contributed by atoms with E-state index in [2.05, 4.69) is 0 Å². The summed E-state index contributed by atoms with van der Waals surface area (Å²) in [6.45, 7) is 4.60. The molecular weight excluding hydrogens is 380 g/mol. The van der Waals surface area contributed by atoms with Crippen molar-refractivity contribution in [3.05, 3.63) is 29.8 Å². The van der Waals surface area contributed by atoms with Crippen molar-refractivity contribution < 1.29 is 39.5 Å². The van der Waals surface area contributed by atoms with Crippen molar-refractivity contribution in [1.82, 2.24) is 0 Å². The minimum Gasteiger partial charge on any atom is -0.508 e. The van der Waals surface area contributed by atoms with Crippen molar-refractivity contribution in [2.45, 2.75) is 64.4 Å². The van der Waals surface area contributed by atoms with Crippen LogP contribution < -0.4 is 0 Å². The first-order valence-electron chi connectivity index (χ1n) is 9.66. The van der Waals surface area contributed by atoms with Gasteiger partial charge in [0.1, 0.15) is 11.9 Å². The number of aliphatic carboxylic acids is 1. The summed E-state index contributed by atoms with van der Waals surface area (Å²) in [7, 11) is 1.55. The molecule has 0 heterocycles. The lowest BCUT2D eigenvalue weighted by Crippen LogP contribution is -2.37. The summed E-state index contributed by atoms with van der Waals surface area (Å²) in [4.78, 5) is 23.6. The zero-order valence-corrected chi connectivity index (χ0v) is 17.3. The lowest BCUT2D eigenvalue weighted by Gasteiger charge is -2.29. The van der Waals surface area contributed by atoms with Crippen molar-refractivity contribution in [3.8, 4) is 5.75 Å². The van der Waals surface area contributed by atoms with Gasteiger partial charge in [-0.2, -0.15) is 0 Å². The van der Waals surface area contributed by atoms with E-state index >= 15 is 0 Å². The van der Waals surface area contributed by atoms with Crippen LogP contribution in [0.3, 0.4) is 0 Å². The van der Waals surface area contributed by atoms with Crippen LogP contribution in [0.2, 0.25) is 0 Å². The summed E-state index contributed by atoms with van der Waals surface area (Å²) in [5.74, 6) is -2.98. The van der Waals surface area contributed by atoms with Gasteiger partial charge in [0, 0.05) is 7.11 Å². The minimum atomic E-state index is -1.28. The van der Waals surface area contributed by atoms with E-state index in [1.54, 1.807) is 32.2 Å². The molecule has 8 nitrogen and oxygen atoms in total. The van der Waals surface area contributed by atoms with Crippen LogP contribution in [0.25, 0.3) is 0 Å². The van der Waals surface area contributed by atoms with Gasteiger partial charge in [0.15, 0.2) is 0 Å². The third-order valence-corrected chi connectivity index (χ3v) is 5.05. The molecule has 0 radical (unpaired) electrons. The molecule has 164 valence electrons. The van der Waals surface area contributed by atoms with Crippen LogP contribution >= 0.6 is 0 Å². The molecular formula is C21H32O8. The molecule has 4 N–H and O–H groups in total. The Balaban J connectivity index is 2.81. The van der Waals surface area contributed by atoms with E-state index < -0.39 is 42.6 Å². The van der Waals surface area contributed by atoms with E-state index in [0.717, 1.165) is 5.56 Å². The fraction of sp³-hybridized carbons (Fsp3) is 0.619. The maximum atomic E-state index is 12.1. The summed E-state index contributed by atoms with van der Waals surface area (Å²) in [5.41, 5.74) is 0.791. The van der Waals surface area contributed by atoms with Crippen molar-refractivity contribution >= 4 is 11.9 Å². The summed E-state index contributed by atoms with van der Waals surface area (Å²) in [6.07, 6.45) is -2.97. The maximum absolute atomic E-state index is 12.1. The molecule has 0 aliphatic rings. The average molecular weight is 412 g/mol. The van der Waals surface area contributed by atoms with E-state index in [4.69, 9.17) is 9.47 Å². The van der Waals surface area contributed by atoms with E-state index in [1.807, 2.05) is 6.07 Å². The summed E-state index contributed by atoms with van der Waals surface area (Å²) >= 11 is 0. The SMILES string of the molecule is COC(CC[C@H](C)[C@@H](OC(=O)C[C@@H](O)[C@@H](C)O)[C@@H](C)C(=O)O)c1cccc(O)c1. The number of carbonyl (C=O) groups excluding carboxylic acids is 1. The van der Waals surface area contributed by atoms with Crippen LogP contribution in [0.4, 0.5) is 0 Å². The molecule has 1 aromatic carbocycles. The van der Waals surface area contributed by atoms with Crippen LogP contribution in [0, 0.1) is 11.8 Å². The van der Waals surface area contributed by atoms with Crippen molar-refractivity contribution in [2.24, 2.45) is 11.8 Å². The Morgan fingerprint density at radius 2 is 1.76 bits per heavy atom. The number of aromatic hydroxyl groups is 1. The number of methoxy groups -OCH3 is 1. The number of ether oxygens (including phenoxy) is 2. The van der Waals surface area contributed by atoms with Crippen molar-refractivity contribution in [1.29, 1.82) is 0 Å². The number of benzene rings is 1. The van der Waals surface area contributed by atoms with Gasteiger partial charge >= 0.3 is 11.9 Å². The highest BCUT2D eigenvalue weighted by atomic mass is 16.5. The van der Waals surface area contributed by atoms with E-state index in [1.165, 1.54) is 13.8 Å². The molecule has 1 aromatic rings. The van der Waals surface area contributed by atoms with Gasteiger partial charge in [0.2, 0.25) is 0 Å². The van der Waals surface area contributed by atoms with E-state index in [0.29, 0.717) is 12.8 Å². The van der Waals surface area contributed by atoms with Gasteiger partial charge in [-0.25, -0.2) is 0 Å². The number of carboxylic acids is 1. The predicted octanol–water partition coefficient (Wildman–Crippen LogP) is 2.26. The highest BCUT2D eigenvalue weighted by Crippen LogP contribution is 2.30. The highest BCUT2D eigenvalue weighted by Gasteiger charge is 2.33. The van der Waals surface area contributed by atoms with Gasteiger partial charge in [-0.05, 0) is 50.3 Å². The standard InChI is InChI=1S/C21H32O8/c1-12(8-9-18(28-4)15-6-5-7-16(23)10-15)20(13(2)21(26)27)29-19(25)11-17(24)14(3)22/h5-7,10,12-14,17-18,20,22-24H,8-9,11H2,1-4H3,(H,26,27)/t12-,13+,14+,17+,18?,20+/m0/s1. The number of carboxylic acid groups (broad SMARTS) is 1. The van der Waals surface area contributed by atoms with E-state index in [9.17, 15) is 30.0 Å². The molecule has 6 atom stereocenters. The molecule has 0 aliphatic carbocycles. The second-order valence-corrected chi connectivity index (χ2v) is 7.47. The largest absolute Gasteiger partial charge is 0.508 e. The third-order valence-electron chi connectivity index (χ3n) is 5.05. The Morgan fingerprint density at radius 1 is 1.10 bits per heavy atom. The number of hydrogen-bond donors (Lipinski definition) is 4. The fourth-order valence-corrected chi connectivity index (χ4v) is 3.12. The monoisotopic (exact) mass is 412 g/mol. The lowest BCUT2D eigenvalue weighted by molar-refractivity contribution is -0.164. The smallest absolute Gasteiger partial charge is 0.309 e. The first-order chi connectivity index (χ1) is 13.6. The van der Waals surface area contributed by atoms with Crippen molar-refractivity contribution in [2.75, 3.05) is 7.11 Å². The molecule has 0 spiro atoms. The van der Waals surface area contributed by atoms with Crippen LogP contribution in [0.1, 0.15) is 51.7 Å². The molecule has 1 unspecified atom stereocenters. The molecule has 0 saturated carbocycles. The lowest BCUT2D eigenvalue weighted by atomic mass is 9.88. The highest BCUT2D eigenvalue weighted by molar-refractivity contribution is 5.73. The molecule has 0 aliphatic heterocycles. The Bertz CT molecular complexity index is 660. The second-order valence-electron chi connectivity index (χ2n) is 7.47. The molecule has 0 fully saturated rings. The number of aliphatic hydroxyl groups excluding tert-OH is 2. The average Bonchev–Trinajstić information content (AvgIpc) is 2.65. The molecule has 0 aromatic heterocycles. The van der Waals surface area contributed by atoms with Crippen molar-refractivity contribution in [3.63, 3.8) is 0 Å². The number of rotatable bonds is 12. The second kappa shape index (κ2) is 11.7. The van der Waals surface area contributed by atoms with Gasteiger partial charge in [0.05, 0.1) is 30.7 Å². The van der Waals surface area contributed by atoms with E-state index in [-0.39, 0.29) is 17.8 Å². The first kappa shape index (κ1) is 24.9. The zero-order valence-electron chi connectivity index (χ0n) is 17.3. The number of phenolic OH excluding ortho intramolecular Hbond substituents is 1. The van der Waals surface area contributed by atoms with Crippen LogP contribution in [0.15, 0.2) is 24.3 Å². The van der Waals surface area contributed by atoms with Crippen LogP contribution in [0.5, 0.6) is 5.75 Å². The number of aliphatic hydroxyl groups is 2. The van der Waals surface area contributed by atoms with Crippen LogP contribution in [-0.4, -0.2) is 57.8 Å². The molecule has 0 amide bonds. The zero-order chi connectivity index (χ0) is 22.1. The van der Waals surface area contributed by atoms with Gasteiger partial charge < -0.3 is 29.9 Å². The summed E-state index contributed by atoms with van der Waals surface area (Å²) < 4.78 is 10.9. The Kier molecular flexibility index (Phi) is 10.1. The molecule has 29 heavy (non-hydrogen) atoms. The molecule has 8 heteroatoms. The Labute approximate surface area is 171 Å². The number of carbonyl (C=O) groups is 2. The predicted molar refractivity (Wildman–Crippen MR) is 105 cm³/mol. The molecule has 1 rings (SSSR count). The number of esters is 1. The minimum absolute atomic E-state index is 0.126. The number of hydrogen-bond acceptors (Lipinski definition) is 7. The van der Waals surface area contributed by atoms with Gasteiger partial charge in [-0.3, -0.25) is 9.59 Å².